The molecule has 0 amide bonds. The van der Waals surface area contributed by atoms with Crippen LogP contribution in [0.1, 0.15) is 30.5 Å². The zero-order valence-electron chi connectivity index (χ0n) is 16.6. The summed E-state index contributed by atoms with van der Waals surface area (Å²) in [6.07, 6.45) is 1.83. The van der Waals surface area contributed by atoms with Crippen molar-refractivity contribution in [2.75, 3.05) is 26.3 Å². The lowest BCUT2D eigenvalue weighted by Crippen LogP contribution is -2.54. The van der Waals surface area contributed by atoms with Crippen LogP contribution in [0.2, 0.25) is 0 Å². The number of hydrogen-bond donors (Lipinski definition) is 1. The lowest BCUT2D eigenvalue weighted by atomic mass is 9.90. The fourth-order valence-corrected chi connectivity index (χ4v) is 3.48. The number of hydrogen-bond acceptors (Lipinski definition) is 5. The van der Waals surface area contributed by atoms with Crippen molar-refractivity contribution in [3.05, 3.63) is 71.8 Å². The first-order chi connectivity index (χ1) is 13.5. The maximum Gasteiger partial charge on any atom is 0.142 e. The van der Waals surface area contributed by atoms with E-state index >= 15 is 0 Å². The van der Waals surface area contributed by atoms with E-state index in [4.69, 9.17) is 9.57 Å². The van der Waals surface area contributed by atoms with Crippen molar-refractivity contribution in [2.24, 2.45) is 5.16 Å². The summed E-state index contributed by atoms with van der Waals surface area (Å²) < 4.78 is 5.52. The van der Waals surface area contributed by atoms with E-state index in [1.807, 2.05) is 54.6 Å². The molecule has 0 unspecified atom stereocenters. The van der Waals surface area contributed by atoms with Gasteiger partial charge in [-0.1, -0.05) is 54.2 Å². The number of ether oxygens (including phenoxy) is 1. The maximum atomic E-state index is 5.80. The number of nitrogens with zero attached hydrogens (tertiary/aromatic N) is 2. The molecule has 1 aliphatic heterocycles. The highest BCUT2D eigenvalue weighted by Crippen LogP contribution is 2.24. The number of rotatable bonds is 7. The summed E-state index contributed by atoms with van der Waals surface area (Å²) in [4.78, 5) is 9.12. The first kappa shape index (κ1) is 20.6. The minimum Gasteiger partial charge on any atom is -0.391 e. The zero-order chi connectivity index (χ0) is 20.0. The molecule has 1 fully saturated rings. The van der Waals surface area contributed by atoms with Gasteiger partial charge in [-0.2, -0.15) is 0 Å². The van der Waals surface area contributed by atoms with Gasteiger partial charge in [0.25, 0.3) is 0 Å². The van der Waals surface area contributed by atoms with Gasteiger partial charge < -0.3 is 9.57 Å². The Bertz CT molecular complexity index is 808. The highest BCUT2D eigenvalue weighted by Gasteiger charge is 2.35. The van der Waals surface area contributed by atoms with Crippen molar-refractivity contribution < 1.29 is 9.57 Å². The Labute approximate surface area is 173 Å². The number of oxime groups is 1. The van der Waals surface area contributed by atoms with Gasteiger partial charge in [0.05, 0.1) is 18.8 Å². The third kappa shape index (κ3) is 5.04. The average Bonchev–Trinajstić information content (AvgIpc) is 2.73. The van der Waals surface area contributed by atoms with Crippen LogP contribution in [0.3, 0.4) is 0 Å². The molecule has 2 aromatic rings. The normalized spacial score (nSPS) is 16.0. The highest BCUT2D eigenvalue weighted by molar-refractivity contribution is 7.80. The number of benzene rings is 2. The molecule has 0 radical (unpaired) electrons. The van der Waals surface area contributed by atoms with Crippen molar-refractivity contribution >= 4 is 24.4 Å². The molecule has 3 rings (SSSR count). The van der Waals surface area contributed by atoms with Crippen molar-refractivity contribution in [1.82, 2.24) is 4.90 Å². The second kappa shape index (κ2) is 9.41. The lowest BCUT2D eigenvalue weighted by Gasteiger charge is -2.41. The van der Waals surface area contributed by atoms with E-state index in [-0.39, 0.29) is 5.54 Å². The average molecular weight is 397 g/mol. The van der Waals surface area contributed by atoms with E-state index in [1.54, 1.807) is 0 Å². The third-order valence-electron chi connectivity index (χ3n) is 5.12. The van der Waals surface area contributed by atoms with E-state index in [0.717, 1.165) is 53.6 Å². The first-order valence-electron chi connectivity index (χ1n) is 9.55. The molecule has 2 aromatic carbocycles. The predicted molar refractivity (Wildman–Crippen MR) is 118 cm³/mol. The summed E-state index contributed by atoms with van der Waals surface area (Å²) in [6.45, 7) is 11.8. The molecule has 0 N–H and O–H groups in total. The minimum atomic E-state index is -0.283. The predicted octanol–water partition coefficient (Wildman–Crippen LogP) is 4.65. The molecular formula is C23H28N2O2S. The summed E-state index contributed by atoms with van der Waals surface area (Å²) in [7, 11) is 0. The van der Waals surface area contributed by atoms with Crippen molar-refractivity contribution in [3.8, 4) is 0 Å². The van der Waals surface area contributed by atoms with E-state index < -0.39 is 0 Å². The van der Waals surface area contributed by atoms with Crippen LogP contribution in [0.4, 0.5) is 0 Å². The Morgan fingerprint density at radius 2 is 1.79 bits per heavy atom. The summed E-state index contributed by atoms with van der Waals surface area (Å²) in [5.41, 5.74) is 3.83. The monoisotopic (exact) mass is 396 g/mol. The Balaban J connectivity index is 1.83. The van der Waals surface area contributed by atoms with E-state index in [0.29, 0.717) is 6.61 Å². The fourth-order valence-electron chi connectivity index (χ4n) is 3.33. The van der Waals surface area contributed by atoms with Gasteiger partial charge in [0.1, 0.15) is 12.3 Å². The van der Waals surface area contributed by atoms with Crippen LogP contribution in [-0.2, 0) is 16.2 Å². The number of morpholine rings is 1. The van der Waals surface area contributed by atoms with Crippen LogP contribution in [0.25, 0.3) is 6.08 Å². The molecule has 0 aliphatic carbocycles. The van der Waals surface area contributed by atoms with Gasteiger partial charge in [0.15, 0.2) is 0 Å². The molecule has 0 spiro atoms. The van der Waals surface area contributed by atoms with Crippen LogP contribution in [0.5, 0.6) is 0 Å². The van der Waals surface area contributed by atoms with Crippen molar-refractivity contribution in [3.63, 3.8) is 0 Å². The summed E-state index contributed by atoms with van der Waals surface area (Å²) >= 11 is 4.40. The third-order valence-corrected chi connectivity index (χ3v) is 5.42. The molecule has 0 aromatic heterocycles. The quantitative estimate of drug-likeness (QED) is 0.420. The molecule has 0 atom stereocenters. The zero-order valence-corrected chi connectivity index (χ0v) is 17.5. The molecule has 148 valence electrons. The van der Waals surface area contributed by atoms with Crippen molar-refractivity contribution in [1.29, 1.82) is 0 Å². The van der Waals surface area contributed by atoms with E-state index in [9.17, 15) is 0 Å². The van der Waals surface area contributed by atoms with Crippen LogP contribution in [0, 0.1) is 0 Å². The fraction of sp³-hybridized carbons (Fsp3) is 0.348. The second-order valence-corrected chi connectivity index (χ2v) is 7.88. The molecule has 0 saturated carbocycles. The molecule has 4 nitrogen and oxygen atoms in total. The standard InChI is InChI=1S/C23H28N2O2S/c1-4-18-5-7-19(8-6-18)17-27-24-22(20-9-11-21(28)12-10-20)23(2,3)25-13-15-26-16-14-25/h4-12,28H,1,13-17H2,2-3H3/b24-22+. The van der Waals surface area contributed by atoms with Gasteiger partial charge in [-0.05, 0) is 37.1 Å². The van der Waals surface area contributed by atoms with E-state index in [1.165, 1.54) is 0 Å². The highest BCUT2D eigenvalue weighted by atomic mass is 32.1. The Morgan fingerprint density at radius 1 is 1.14 bits per heavy atom. The van der Waals surface area contributed by atoms with Gasteiger partial charge in [-0.15, -0.1) is 12.6 Å². The van der Waals surface area contributed by atoms with Gasteiger partial charge >= 0.3 is 0 Å². The summed E-state index contributed by atoms with van der Waals surface area (Å²) in [5.74, 6) is 0. The smallest absolute Gasteiger partial charge is 0.142 e. The molecule has 5 heteroatoms. The molecule has 1 heterocycles. The van der Waals surface area contributed by atoms with Gasteiger partial charge in [0, 0.05) is 23.5 Å². The minimum absolute atomic E-state index is 0.283. The second-order valence-electron chi connectivity index (χ2n) is 7.36. The van der Waals surface area contributed by atoms with Crippen molar-refractivity contribution in [2.45, 2.75) is 30.9 Å². The topological polar surface area (TPSA) is 34.1 Å². The van der Waals surface area contributed by atoms with Gasteiger partial charge in [-0.3, -0.25) is 4.90 Å². The van der Waals surface area contributed by atoms with Crippen LogP contribution in [0.15, 0.2) is 65.2 Å². The Morgan fingerprint density at radius 3 is 2.39 bits per heavy atom. The largest absolute Gasteiger partial charge is 0.391 e. The maximum absolute atomic E-state index is 5.80. The molecule has 0 bridgehead atoms. The Kier molecular flexibility index (Phi) is 6.94. The van der Waals surface area contributed by atoms with Gasteiger partial charge in [-0.25, -0.2) is 0 Å². The van der Waals surface area contributed by atoms with Gasteiger partial charge in [0.2, 0.25) is 0 Å². The lowest BCUT2D eigenvalue weighted by molar-refractivity contribution is 0.00862. The summed E-state index contributed by atoms with van der Waals surface area (Å²) in [5, 5.41) is 4.60. The molecular weight excluding hydrogens is 368 g/mol. The van der Waals surface area contributed by atoms with Crippen LogP contribution >= 0.6 is 12.6 Å². The Hall–Kier alpha value is -2.08. The SMILES string of the molecule is C=Cc1ccc(CO/N=C(\c2ccc(S)cc2)C(C)(C)N2CCOCC2)cc1. The van der Waals surface area contributed by atoms with E-state index in [2.05, 4.69) is 43.1 Å². The summed E-state index contributed by atoms with van der Waals surface area (Å²) in [6, 6.07) is 16.2. The molecule has 1 aliphatic rings. The van der Waals surface area contributed by atoms with Crippen LogP contribution in [-0.4, -0.2) is 42.5 Å². The molecule has 1 saturated heterocycles. The molecule has 28 heavy (non-hydrogen) atoms. The van der Waals surface area contributed by atoms with Crippen LogP contribution < -0.4 is 0 Å². The number of thiol groups is 1. The first-order valence-corrected chi connectivity index (χ1v) is 9.99.